The van der Waals surface area contributed by atoms with Crippen molar-refractivity contribution in [3.05, 3.63) is 24.3 Å². The van der Waals surface area contributed by atoms with Gasteiger partial charge in [0, 0.05) is 13.1 Å². The van der Waals surface area contributed by atoms with Gasteiger partial charge < -0.3 is 10.6 Å². The molecule has 0 atom stereocenters. The first-order valence-corrected chi connectivity index (χ1v) is 7.52. The van der Waals surface area contributed by atoms with Crippen molar-refractivity contribution >= 4 is 15.7 Å². The van der Waals surface area contributed by atoms with Crippen molar-refractivity contribution in [2.75, 3.05) is 31.6 Å². The van der Waals surface area contributed by atoms with Crippen molar-refractivity contribution in [2.45, 2.75) is 18.2 Å². The van der Waals surface area contributed by atoms with Crippen LogP contribution in [0.25, 0.3) is 0 Å². The van der Waals surface area contributed by atoms with E-state index >= 15 is 0 Å². The van der Waals surface area contributed by atoms with Crippen molar-refractivity contribution in [3.8, 4) is 0 Å². The zero-order chi connectivity index (χ0) is 13.6. The van der Waals surface area contributed by atoms with E-state index < -0.39 is 10.0 Å². The lowest BCUT2D eigenvalue weighted by Crippen LogP contribution is -2.29. The Morgan fingerprint density at radius 3 is 2.56 bits per heavy atom. The van der Waals surface area contributed by atoms with Crippen LogP contribution in [0, 0.1) is 0 Å². The second-order valence-electron chi connectivity index (χ2n) is 3.90. The Balaban J connectivity index is 3.15. The summed E-state index contributed by atoms with van der Waals surface area (Å²) in [6, 6.07) is 7.01. The maximum atomic E-state index is 12.0. The van der Waals surface area contributed by atoms with Crippen molar-refractivity contribution in [2.24, 2.45) is 5.73 Å². The van der Waals surface area contributed by atoms with Gasteiger partial charge in [-0.3, -0.25) is 0 Å². The molecule has 102 valence electrons. The Morgan fingerprint density at radius 2 is 2.00 bits per heavy atom. The number of nitrogens with one attached hydrogen (secondary N) is 1. The smallest absolute Gasteiger partial charge is 0.242 e. The molecule has 1 aromatic rings. The van der Waals surface area contributed by atoms with E-state index in [1.165, 1.54) is 7.05 Å². The Morgan fingerprint density at radius 1 is 1.33 bits per heavy atom. The lowest BCUT2D eigenvalue weighted by atomic mass is 10.2. The zero-order valence-electron chi connectivity index (χ0n) is 10.9. The van der Waals surface area contributed by atoms with Gasteiger partial charge in [-0.05, 0) is 39.1 Å². The molecule has 0 fully saturated rings. The van der Waals surface area contributed by atoms with Crippen molar-refractivity contribution in [3.63, 3.8) is 0 Å². The number of nitrogens with two attached hydrogens (primary N) is 1. The van der Waals surface area contributed by atoms with E-state index in [2.05, 4.69) is 4.72 Å². The molecule has 0 unspecified atom stereocenters. The van der Waals surface area contributed by atoms with E-state index in [0.717, 1.165) is 25.2 Å². The first-order valence-electron chi connectivity index (χ1n) is 6.04. The van der Waals surface area contributed by atoms with Crippen LogP contribution in [0.3, 0.4) is 0 Å². The fourth-order valence-electron chi connectivity index (χ4n) is 1.79. The molecule has 0 aliphatic rings. The molecule has 0 radical (unpaired) electrons. The van der Waals surface area contributed by atoms with Crippen LogP contribution in [0.2, 0.25) is 0 Å². The van der Waals surface area contributed by atoms with E-state index in [-0.39, 0.29) is 0 Å². The summed E-state index contributed by atoms with van der Waals surface area (Å²) in [4.78, 5) is 2.34. The molecule has 6 heteroatoms. The average Bonchev–Trinajstić information content (AvgIpc) is 2.40. The van der Waals surface area contributed by atoms with E-state index in [0.29, 0.717) is 11.4 Å². The third kappa shape index (κ3) is 3.44. The van der Waals surface area contributed by atoms with Crippen molar-refractivity contribution in [1.82, 2.24) is 4.72 Å². The van der Waals surface area contributed by atoms with Crippen LogP contribution >= 0.6 is 0 Å². The van der Waals surface area contributed by atoms with Gasteiger partial charge in [0.25, 0.3) is 0 Å². The molecule has 18 heavy (non-hydrogen) atoms. The lowest BCUT2D eigenvalue weighted by molar-refractivity contribution is 0.587. The lowest BCUT2D eigenvalue weighted by Gasteiger charge is -2.25. The summed E-state index contributed by atoms with van der Waals surface area (Å²) >= 11 is 0. The van der Waals surface area contributed by atoms with E-state index in [1.54, 1.807) is 12.1 Å². The minimum atomic E-state index is -3.43. The Hall–Kier alpha value is -1.11. The van der Waals surface area contributed by atoms with E-state index in [1.807, 2.05) is 24.0 Å². The van der Waals surface area contributed by atoms with Crippen molar-refractivity contribution in [1.29, 1.82) is 0 Å². The van der Waals surface area contributed by atoms with Crippen molar-refractivity contribution < 1.29 is 8.42 Å². The van der Waals surface area contributed by atoms with Gasteiger partial charge in [-0.2, -0.15) is 0 Å². The third-order valence-corrected chi connectivity index (χ3v) is 4.24. The average molecular weight is 271 g/mol. The number of hydrogen-bond acceptors (Lipinski definition) is 4. The highest BCUT2D eigenvalue weighted by Gasteiger charge is 2.18. The number of para-hydroxylation sites is 1. The van der Waals surface area contributed by atoms with Gasteiger partial charge in [0.05, 0.1) is 5.69 Å². The minimum Gasteiger partial charge on any atom is -0.371 e. The van der Waals surface area contributed by atoms with Crippen LogP contribution in [0.15, 0.2) is 29.2 Å². The Bertz CT molecular complexity index is 474. The molecule has 0 bridgehead atoms. The van der Waals surface area contributed by atoms with E-state index in [4.69, 9.17) is 5.73 Å². The van der Waals surface area contributed by atoms with Gasteiger partial charge in [0.2, 0.25) is 10.0 Å². The molecular formula is C12H21N3O2S. The van der Waals surface area contributed by atoms with Gasteiger partial charge in [-0.15, -0.1) is 0 Å². The van der Waals surface area contributed by atoms with Gasteiger partial charge >= 0.3 is 0 Å². The summed E-state index contributed by atoms with van der Waals surface area (Å²) in [6.45, 7) is 4.09. The standard InChI is InChI=1S/C12H21N3O2S/c1-3-15(10-6-9-13)11-7-4-5-8-12(11)18(16,17)14-2/h4-5,7-8,14H,3,6,9-10,13H2,1-2H3. The van der Waals surface area contributed by atoms with Gasteiger partial charge in [-0.25, -0.2) is 13.1 Å². The van der Waals surface area contributed by atoms with E-state index in [9.17, 15) is 8.42 Å². The second-order valence-corrected chi connectivity index (χ2v) is 5.75. The SMILES string of the molecule is CCN(CCCN)c1ccccc1S(=O)(=O)NC. The van der Waals surface area contributed by atoms with Crippen LogP contribution in [0.4, 0.5) is 5.69 Å². The molecule has 1 aromatic carbocycles. The minimum absolute atomic E-state index is 0.311. The normalized spacial score (nSPS) is 11.5. The molecule has 0 spiro atoms. The van der Waals surface area contributed by atoms with Crippen LogP contribution in [-0.2, 0) is 10.0 Å². The summed E-state index contributed by atoms with van der Waals surface area (Å²) < 4.78 is 26.3. The number of benzene rings is 1. The maximum Gasteiger partial charge on any atom is 0.242 e. The van der Waals surface area contributed by atoms with Crippen LogP contribution < -0.4 is 15.4 Å². The first kappa shape index (κ1) is 14.9. The molecule has 0 aliphatic carbocycles. The monoisotopic (exact) mass is 271 g/mol. The number of anilines is 1. The molecule has 0 saturated heterocycles. The molecule has 0 aromatic heterocycles. The predicted molar refractivity (Wildman–Crippen MR) is 74.2 cm³/mol. The molecule has 0 saturated carbocycles. The van der Waals surface area contributed by atoms with Gasteiger partial charge in [-0.1, -0.05) is 12.1 Å². The molecule has 3 N–H and O–H groups in total. The Labute approximate surface area is 109 Å². The highest BCUT2D eigenvalue weighted by Crippen LogP contribution is 2.24. The largest absolute Gasteiger partial charge is 0.371 e. The Kier molecular flexibility index (Phi) is 5.58. The number of hydrogen-bond donors (Lipinski definition) is 2. The maximum absolute atomic E-state index is 12.0. The quantitative estimate of drug-likeness (QED) is 0.768. The number of nitrogens with zero attached hydrogens (tertiary/aromatic N) is 1. The molecular weight excluding hydrogens is 250 g/mol. The zero-order valence-corrected chi connectivity index (χ0v) is 11.7. The van der Waals surface area contributed by atoms with Crippen LogP contribution in [0.5, 0.6) is 0 Å². The molecule has 0 amide bonds. The summed E-state index contributed by atoms with van der Waals surface area (Å²) in [5.74, 6) is 0. The molecule has 1 rings (SSSR count). The fraction of sp³-hybridized carbons (Fsp3) is 0.500. The first-order chi connectivity index (χ1) is 8.56. The highest BCUT2D eigenvalue weighted by molar-refractivity contribution is 7.89. The molecule has 5 nitrogen and oxygen atoms in total. The molecule has 0 aliphatic heterocycles. The summed E-state index contributed by atoms with van der Waals surface area (Å²) in [5, 5.41) is 0. The predicted octanol–water partition coefficient (Wildman–Crippen LogP) is 0.770. The van der Waals surface area contributed by atoms with Crippen LogP contribution in [-0.4, -0.2) is 35.1 Å². The number of sulfonamides is 1. The van der Waals surface area contributed by atoms with Gasteiger partial charge in [0.15, 0.2) is 0 Å². The molecule has 0 heterocycles. The second kappa shape index (κ2) is 6.72. The number of rotatable bonds is 7. The van der Waals surface area contributed by atoms with Gasteiger partial charge in [0.1, 0.15) is 4.90 Å². The highest BCUT2D eigenvalue weighted by atomic mass is 32.2. The summed E-state index contributed by atoms with van der Waals surface area (Å²) in [6.07, 6.45) is 0.835. The fourth-order valence-corrected chi connectivity index (χ4v) is 2.74. The van der Waals surface area contributed by atoms with Crippen LogP contribution in [0.1, 0.15) is 13.3 Å². The third-order valence-electron chi connectivity index (χ3n) is 2.78. The summed E-state index contributed by atoms with van der Waals surface area (Å²) in [5.41, 5.74) is 6.23. The summed E-state index contributed by atoms with van der Waals surface area (Å²) in [7, 11) is -2.01. The topological polar surface area (TPSA) is 75.4 Å².